The lowest BCUT2D eigenvalue weighted by Gasteiger charge is -1.99. The van der Waals surface area contributed by atoms with Crippen molar-refractivity contribution >= 4 is 0 Å². The van der Waals surface area contributed by atoms with Gasteiger partial charge in [-0.15, -0.1) is 0 Å². The summed E-state index contributed by atoms with van der Waals surface area (Å²) in [7, 11) is 1.94. The van der Waals surface area contributed by atoms with Crippen molar-refractivity contribution in [1.29, 1.82) is 5.26 Å². The topological polar surface area (TPSA) is 41.6 Å². The van der Waals surface area contributed by atoms with Gasteiger partial charge in [0.25, 0.3) is 0 Å². The van der Waals surface area contributed by atoms with Gasteiger partial charge in [0.2, 0.25) is 0 Å². The van der Waals surface area contributed by atoms with Crippen molar-refractivity contribution < 1.29 is 0 Å². The fraction of sp³-hybridized carbons (Fsp3) is 0.0588. The number of nitriles is 1. The average molecular weight is 259 g/mol. The largest absolute Gasteiger partial charge is 0.267 e. The summed E-state index contributed by atoms with van der Waals surface area (Å²) < 4.78 is 1.88. The van der Waals surface area contributed by atoms with Crippen molar-refractivity contribution in [3.8, 4) is 28.6 Å². The van der Waals surface area contributed by atoms with Gasteiger partial charge in [0, 0.05) is 12.6 Å². The number of rotatable bonds is 2. The molecule has 20 heavy (non-hydrogen) atoms. The van der Waals surface area contributed by atoms with Crippen molar-refractivity contribution in [1.82, 2.24) is 9.78 Å². The van der Waals surface area contributed by atoms with Crippen LogP contribution in [0.15, 0.2) is 60.7 Å². The summed E-state index contributed by atoms with van der Waals surface area (Å²) in [5, 5.41) is 13.4. The molecule has 0 saturated heterocycles. The zero-order valence-electron chi connectivity index (χ0n) is 11.1. The van der Waals surface area contributed by atoms with Crippen LogP contribution in [0, 0.1) is 11.3 Å². The molecule has 0 aliphatic heterocycles. The molecule has 3 rings (SSSR count). The maximum absolute atomic E-state index is 8.83. The van der Waals surface area contributed by atoms with Crippen LogP contribution in [0.5, 0.6) is 0 Å². The zero-order valence-corrected chi connectivity index (χ0v) is 11.1. The molecule has 0 aliphatic rings. The van der Waals surface area contributed by atoms with Crippen LogP contribution in [-0.4, -0.2) is 9.78 Å². The molecule has 1 aromatic heterocycles. The monoisotopic (exact) mass is 259 g/mol. The van der Waals surface area contributed by atoms with Crippen LogP contribution in [0.1, 0.15) is 5.56 Å². The minimum Gasteiger partial charge on any atom is -0.267 e. The Bertz CT molecular complexity index is 762. The van der Waals surface area contributed by atoms with Crippen molar-refractivity contribution in [2.45, 2.75) is 0 Å². The molecular formula is C17H13N3. The van der Waals surface area contributed by atoms with Gasteiger partial charge in [-0.25, -0.2) is 0 Å². The highest BCUT2D eigenvalue weighted by atomic mass is 15.3. The number of nitrogens with zero attached hydrogens (tertiary/aromatic N) is 3. The Morgan fingerprint density at radius 1 is 0.950 bits per heavy atom. The van der Waals surface area contributed by atoms with E-state index in [9.17, 15) is 0 Å². The van der Waals surface area contributed by atoms with E-state index in [0.717, 1.165) is 22.5 Å². The van der Waals surface area contributed by atoms with Crippen LogP contribution in [0.4, 0.5) is 0 Å². The van der Waals surface area contributed by atoms with Gasteiger partial charge in [-0.3, -0.25) is 4.68 Å². The molecule has 0 aliphatic carbocycles. The van der Waals surface area contributed by atoms with Crippen LogP contribution in [-0.2, 0) is 7.05 Å². The van der Waals surface area contributed by atoms with E-state index in [1.54, 1.807) is 0 Å². The van der Waals surface area contributed by atoms with E-state index in [0.29, 0.717) is 5.56 Å². The third-order valence-electron chi connectivity index (χ3n) is 3.26. The first kappa shape index (κ1) is 12.2. The Morgan fingerprint density at radius 2 is 1.65 bits per heavy atom. The molecule has 3 heteroatoms. The predicted octanol–water partition coefficient (Wildman–Crippen LogP) is 3.63. The van der Waals surface area contributed by atoms with Crippen molar-refractivity contribution in [3.05, 3.63) is 66.2 Å². The third kappa shape index (κ3) is 2.19. The van der Waals surface area contributed by atoms with Crippen LogP contribution in [0.3, 0.4) is 0 Å². The van der Waals surface area contributed by atoms with Gasteiger partial charge in [-0.05, 0) is 23.8 Å². The van der Waals surface area contributed by atoms with Crippen LogP contribution < -0.4 is 0 Å². The summed E-state index contributed by atoms with van der Waals surface area (Å²) in [5.41, 5.74) is 4.80. The minimum absolute atomic E-state index is 0.660. The van der Waals surface area contributed by atoms with E-state index in [2.05, 4.69) is 29.4 Å². The van der Waals surface area contributed by atoms with Gasteiger partial charge in [0.05, 0.1) is 23.0 Å². The zero-order chi connectivity index (χ0) is 13.9. The Labute approximate surface area is 117 Å². The second-order valence-corrected chi connectivity index (χ2v) is 4.59. The number of aryl methyl sites for hydroxylation is 1. The number of aromatic nitrogens is 2. The fourth-order valence-corrected chi connectivity index (χ4v) is 2.20. The Balaban J connectivity index is 2.02. The second kappa shape index (κ2) is 5.02. The lowest BCUT2D eigenvalue weighted by Crippen LogP contribution is -1.93. The first-order valence-corrected chi connectivity index (χ1v) is 6.38. The smallest absolute Gasteiger partial charge is 0.0991 e. The van der Waals surface area contributed by atoms with Crippen molar-refractivity contribution in [2.75, 3.05) is 0 Å². The molecule has 0 fully saturated rings. The summed E-state index contributed by atoms with van der Waals surface area (Å²) >= 11 is 0. The maximum atomic E-state index is 8.83. The van der Waals surface area contributed by atoms with E-state index in [1.807, 2.05) is 54.2 Å². The molecule has 0 atom stereocenters. The number of benzene rings is 2. The highest BCUT2D eigenvalue weighted by Gasteiger charge is 2.08. The first-order valence-electron chi connectivity index (χ1n) is 6.38. The number of hydrogen-bond acceptors (Lipinski definition) is 2. The molecular weight excluding hydrogens is 246 g/mol. The molecule has 96 valence electrons. The summed E-state index contributed by atoms with van der Waals surface area (Å²) in [4.78, 5) is 0. The highest BCUT2D eigenvalue weighted by Crippen LogP contribution is 2.25. The fourth-order valence-electron chi connectivity index (χ4n) is 2.20. The van der Waals surface area contributed by atoms with Gasteiger partial charge in [-0.2, -0.15) is 10.4 Å². The second-order valence-electron chi connectivity index (χ2n) is 4.59. The van der Waals surface area contributed by atoms with Gasteiger partial charge in [0.1, 0.15) is 0 Å². The summed E-state index contributed by atoms with van der Waals surface area (Å²) in [6.45, 7) is 0. The normalized spacial score (nSPS) is 10.2. The maximum Gasteiger partial charge on any atom is 0.0991 e. The van der Waals surface area contributed by atoms with E-state index in [-0.39, 0.29) is 0 Å². The van der Waals surface area contributed by atoms with Crippen molar-refractivity contribution in [2.24, 2.45) is 7.05 Å². The van der Waals surface area contributed by atoms with E-state index in [4.69, 9.17) is 5.26 Å². The SMILES string of the molecule is Cn1nc(-c2ccc(C#N)cc2)cc1-c1ccccc1. The molecule has 0 amide bonds. The van der Waals surface area contributed by atoms with Gasteiger partial charge in [-0.1, -0.05) is 42.5 Å². The summed E-state index contributed by atoms with van der Waals surface area (Å²) in [6.07, 6.45) is 0. The molecule has 3 aromatic rings. The molecule has 0 N–H and O–H groups in total. The first-order chi connectivity index (χ1) is 9.78. The highest BCUT2D eigenvalue weighted by molar-refractivity contribution is 5.69. The Morgan fingerprint density at radius 3 is 2.30 bits per heavy atom. The standard InChI is InChI=1S/C17H13N3/c1-20-17(15-5-3-2-4-6-15)11-16(19-20)14-9-7-13(12-18)8-10-14/h2-11H,1H3. The van der Waals surface area contributed by atoms with E-state index in [1.165, 1.54) is 0 Å². The van der Waals surface area contributed by atoms with Gasteiger partial charge in [0.15, 0.2) is 0 Å². The molecule has 2 aromatic carbocycles. The lowest BCUT2D eigenvalue weighted by atomic mass is 10.1. The summed E-state index contributed by atoms with van der Waals surface area (Å²) in [6, 6.07) is 21.8. The third-order valence-corrected chi connectivity index (χ3v) is 3.26. The average Bonchev–Trinajstić information content (AvgIpc) is 2.90. The molecule has 0 unspecified atom stereocenters. The molecule has 0 bridgehead atoms. The molecule has 0 radical (unpaired) electrons. The van der Waals surface area contributed by atoms with Crippen LogP contribution in [0.2, 0.25) is 0 Å². The summed E-state index contributed by atoms with van der Waals surface area (Å²) in [5.74, 6) is 0. The molecule has 1 heterocycles. The quantitative estimate of drug-likeness (QED) is 0.705. The van der Waals surface area contributed by atoms with Gasteiger partial charge >= 0.3 is 0 Å². The predicted molar refractivity (Wildman–Crippen MR) is 78.8 cm³/mol. The van der Waals surface area contributed by atoms with Crippen molar-refractivity contribution in [3.63, 3.8) is 0 Å². The van der Waals surface area contributed by atoms with Crippen LogP contribution in [0.25, 0.3) is 22.5 Å². The molecule has 0 saturated carbocycles. The van der Waals surface area contributed by atoms with E-state index >= 15 is 0 Å². The lowest BCUT2D eigenvalue weighted by molar-refractivity contribution is 0.779. The van der Waals surface area contributed by atoms with E-state index < -0.39 is 0 Å². The molecule has 3 nitrogen and oxygen atoms in total. The Kier molecular flexibility index (Phi) is 3.06. The van der Waals surface area contributed by atoms with Gasteiger partial charge < -0.3 is 0 Å². The number of hydrogen-bond donors (Lipinski definition) is 0. The molecule has 0 spiro atoms. The van der Waals surface area contributed by atoms with Crippen LogP contribution >= 0.6 is 0 Å². The Hall–Kier alpha value is -2.86. The minimum atomic E-state index is 0.660.